The lowest BCUT2D eigenvalue weighted by molar-refractivity contribution is -0.173. The van der Waals surface area contributed by atoms with Crippen LogP contribution in [0.1, 0.15) is 47.8 Å². The molecule has 0 amide bonds. The molecule has 2 fully saturated rings. The maximum Gasteiger partial charge on any atom is 0.191 e. The molecule has 35 heavy (non-hydrogen) atoms. The van der Waals surface area contributed by atoms with Crippen molar-refractivity contribution < 1.29 is 14.9 Å². The molecule has 1 saturated carbocycles. The summed E-state index contributed by atoms with van der Waals surface area (Å²) in [6, 6.07) is 9.61. The second kappa shape index (κ2) is 6.30. The molecule has 4 atom stereocenters. The molecule has 8 nitrogen and oxygen atoms in total. The van der Waals surface area contributed by atoms with Crippen molar-refractivity contribution in [2.75, 3.05) is 13.1 Å². The summed E-state index contributed by atoms with van der Waals surface area (Å²) in [5.41, 5.74) is 15.7. The molecule has 5 aliphatic rings. The van der Waals surface area contributed by atoms with Gasteiger partial charge in [0.05, 0.1) is 22.4 Å². The van der Waals surface area contributed by atoms with Gasteiger partial charge in [0.1, 0.15) is 0 Å². The number of phenols is 1. The number of H-pyrrole nitrogens is 1. The first-order valence-corrected chi connectivity index (χ1v) is 12.6. The number of ether oxygens (including phenoxy) is 1. The number of phenolic OH excluding ortho intramolecular Hbond substituents is 1. The molecule has 3 heterocycles. The lowest BCUT2D eigenvalue weighted by Crippen LogP contribution is -2.74. The van der Waals surface area contributed by atoms with E-state index in [-0.39, 0.29) is 17.8 Å². The van der Waals surface area contributed by atoms with Gasteiger partial charge in [-0.05, 0) is 67.5 Å². The van der Waals surface area contributed by atoms with Crippen LogP contribution in [0.5, 0.6) is 11.5 Å². The molecule has 0 radical (unpaired) electrons. The number of benzene rings is 2. The zero-order valence-corrected chi connectivity index (χ0v) is 19.4. The van der Waals surface area contributed by atoms with Crippen molar-refractivity contribution in [1.29, 1.82) is 0 Å². The number of fused-ring (bicyclic) bond motifs is 4. The quantitative estimate of drug-likeness (QED) is 0.294. The van der Waals surface area contributed by atoms with Crippen molar-refractivity contribution in [3.05, 3.63) is 52.7 Å². The highest BCUT2D eigenvalue weighted by Gasteiger charge is 2.72. The van der Waals surface area contributed by atoms with Gasteiger partial charge in [-0.2, -0.15) is 0 Å². The lowest BCUT2D eigenvalue weighted by Gasteiger charge is -2.62. The van der Waals surface area contributed by atoms with Crippen LogP contribution in [-0.4, -0.2) is 50.8 Å². The molecular formula is C27H29N5O3. The minimum absolute atomic E-state index is 0.00247. The fourth-order valence-corrected chi connectivity index (χ4v) is 7.90. The number of aliphatic imine (C=N–C) groups is 1. The number of piperidine rings is 1. The molecule has 3 aliphatic carbocycles. The van der Waals surface area contributed by atoms with Gasteiger partial charge < -0.3 is 31.4 Å². The van der Waals surface area contributed by atoms with Gasteiger partial charge in [-0.1, -0.05) is 12.1 Å². The molecule has 3 aromatic rings. The molecule has 180 valence electrons. The van der Waals surface area contributed by atoms with E-state index < -0.39 is 17.1 Å². The number of aromatic hydroxyl groups is 1. The predicted octanol–water partition coefficient (Wildman–Crippen LogP) is 2.48. The van der Waals surface area contributed by atoms with E-state index in [0.29, 0.717) is 17.9 Å². The summed E-state index contributed by atoms with van der Waals surface area (Å²) in [6.07, 6.45) is 4.17. The van der Waals surface area contributed by atoms with Crippen LogP contribution in [0.4, 0.5) is 5.69 Å². The van der Waals surface area contributed by atoms with Gasteiger partial charge in [-0.15, -0.1) is 0 Å². The van der Waals surface area contributed by atoms with Crippen molar-refractivity contribution in [2.45, 2.75) is 55.3 Å². The highest BCUT2D eigenvalue weighted by molar-refractivity contribution is 5.97. The standard InChI is InChI=1S/C27H29N5O3/c28-25(29)31-17-3-1-2-16-20(17)15-11-27(34)19-10-14-6-7-18(33)23-21(14)26(27,24(35-23)22(15)30-16)8-9-32(19)12-13-4-5-13/h1-3,6-7,13,19,24,30,33-34H,4-5,8-12H2,(H4,28,29,31)/t19-,24+,26+,27-/m1/s1. The summed E-state index contributed by atoms with van der Waals surface area (Å²) in [5, 5.41) is 24.7. The molecule has 1 aromatic heterocycles. The Bertz CT molecular complexity index is 1450. The average molecular weight is 472 g/mol. The summed E-state index contributed by atoms with van der Waals surface area (Å²) in [7, 11) is 0. The van der Waals surface area contributed by atoms with Gasteiger partial charge in [0.15, 0.2) is 23.6 Å². The number of rotatable bonds is 3. The number of aromatic nitrogens is 1. The topological polar surface area (TPSA) is 133 Å². The van der Waals surface area contributed by atoms with Crippen LogP contribution in [0, 0.1) is 5.92 Å². The number of aromatic amines is 1. The normalized spacial score (nSPS) is 32.1. The number of nitrogens with two attached hydrogens (primary N) is 2. The van der Waals surface area contributed by atoms with Crippen LogP contribution in [0.15, 0.2) is 35.3 Å². The lowest BCUT2D eigenvalue weighted by atomic mass is 9.49. The highest BCUT2D eigenvalue weighted by atomic mass is 16.5. The van der Waals surface area contributed by atoms with Crippen molar-refractivity contribution in [3.63, 3.8) is 0 Å². The zero-order valence-electron chi connectivity index (χ0n) is 19.4. The molecule has 2 aromatic carbocycles. The van der Waals surface area contributed by atoms with Crippen LogP contribution in [0.2, 0.25) is 0 Å². The van der Waals surface area contributed by atoms with Crippen LogP contribution in [0.25, 0.3) is 10.9 Å². The van der Waals surface area contributed by atoms with Crippen LogP contribution in [0.3, 0.4) is 0 Å². The second-order valence-electron chi connectivity index (χ2n) is 11.2. The number of aliphatic hydroxyl groups is 1. The second-order valence-corrected chi connectivity index (χ2v) is 11.2. The van der Waals surface area contributed by atoms with Gasteiger partial charge >= 0.3 is 0 Å². The largest absolute Gasteiger partial charge is 0.504 e. The van der Waals surface area contributed by atoms with Crippen LogP contribution in [-0.2, 0) is 18.3 Å². The van der Waals surface area contributed by atoms with E-state index in [1.54, 1.807) is 6.07 Å². The maximum atomic E-state index is 12.9. The van der Waals surface area contributed by atoms with Gasteiger partial charge in [-0.25, -0.2) is 4.99 Å². The summed E-state index contributed by atoms with van der Waals surface area (Å²) in [6.45, 7) is 1.96. The van der Waals surface area contributed by atoms with E-state index in [1.807, 2.05) is 24.3 Å². The molecule has 8 heteroatoms. The first-order chi connectivity index (χ1) is 16.9. The van der Waals surface area contributed by atoms with Gasteiger partial charge in [0.2, 0.25) is 0 Å². The van der Waals surface area contributed by atoms with E-state index >= 15 is 0 Å². The minimum Gasteiger partial charge on any atom is -0.504 e. The van der Waals surface area contributed by atoms with Crippen molar-refractivity contribution >= 4 is 22.5 Å². The number of guanidine groups is 1. The molecule has 0 unspecified atom stereocenters. The smallest absolute Gasteiger partial charge is 0.191 e. The van der Waals surface area contributed by atoms with Crippen molar-refractivity contribution in [1.82, 2.24) is 9.88 Å². The fourth-order valence-electron chi connectivity index (χ4n) is 7.90. The molecule has 8 rings (SSSR count). The third-order valence-corrected chi connectivity index (χ3v) is 9.41. The maximum absolute atomic E-state index is 12.9. The molecule has 1 saturated heterocycles. The minimum atomic E-state index is -1.04. The van der Waals surface area contributed by atoms with Crippen LogP contribution >= 0.6 is 0 Å². The SMILES string of the molecule is NC(N)=Nc1cccc2[nH]c3c(c12)C[C@@]1(O)[C@H]2Cc4ccc(O)c5c4[C@@]1(CCN2CC1CC1)[C@H]3O5. The van der Waals surface area contributed by atoms with Crippen molar-refractivity contribution in [3.8, 4) is 11.5 Å². The Labute approximate surface area is 202 Å². The molecule has 2 bridgehead atoms. The zero-order chi connectivity index (χ0) is 23.7. The average Bonchev–Trinajstić information content (AvgIpc) is 3.44. The molecule has 2 aliphatic heterocycles. The Kier molecular flexibility index (Phi) is 3.60. The van der Waals surface area contributed by atoms with Crippen LogP contribution < -0.4 is 16.2 Å². The molecular weight excluding hydrogens is 442 g/mol. The number of hydrogen-bond acceptors (Lipinski definition) is 5. The van der Waals surface area contributed by atoms with E-state index in [9.17, 15) is 10.2 Å². The molecule has 1 spiro atoms. The first kappa shape index (κ1) is 20.0. The first-order valence-electron chi connectivity index (χ1n) is 12.6. The Morgan fingerprint density at radius 3 is 2.89 bits per heavy atom. The third-order valence-electron chi connectivity index (χ3n) is 9.41. The Morgan fingerprint density at radius 1 is 1.23 bits per heavy atom. The number of nitrogens with one attached hydrogen (secondary N) is 1. The summed E-state index contributed by atoms with van der Waals surface area (Å²) in [5.74, 6) is 1.42. The van der Waals surface area contributed by atoms with E-state index in [4.69, 9.17) is 16.2 Å². The Hall–Kier alpha value is -3.23. The van der Waals surface area contributed by atoms with Crippen molar-refractivity contribution in [2.24, 2.45) is 22.4 Å². The monoisotopic (exact) mass is 471 g/mol. The summed E-state index contributed by atoms with van der Waals surface area (Å²) in [4.78, 5) is 10.5. The Morgan fingerprint density at radius 2 is 2.09 bits per heavy atom. The van der Waals surface area contributed by atoms with E-state index in [2.05, 4.69) is 14.9 Å². The fraction of sp³-hybridized carbons (Fsp3) is 0.444. The number of likely N-dealkylation sites (tertiary alicyclic amines) is 1. The van der Waals surface area contributed by atoms with Gasteiger partial charge in [0.25, 0.3) is 0 Å². The van der Waals surface area contributed by atoms with E-state index in [1.165, 1.54) is 18.4 Å². The predicted molar refractivity (Wildman–Crippen MR) is 132 cm³/mol. The Balaban J connectivity index is 1.41. The third kappa shape index (κ3) is 2.32. The summed E-state index contributed by atoms with van der Waals surface area (Å²) >= 11 is 0. The number of hydrogen-bond donors (Lipinski definition) is 5. The number of nitrogens with zero attached hydrogens (tertiary/aromatic N) is 2. The van der Waals surface area contributed by atoms with E-state index in [0.717, 1.165) is 59.6 Å². The van der Waals surface area contributed by atoms with Gasteiger partial charge in [-0.3, -0.25) is 4.90 Å². The summed E-state index contributed by atoms with van der Waals surface area (Å²) < 4.78 is 6.64. The molecule has 7 N–H and O–H groups in total. The van der Waals surface area contributed by atoms with Gasteiger partial charge in [0, 0.05) is 35.5 Å². The highest BCUT2D eigenvalue weighted by Crippen LogP contribution is 2.69.